The summed E-state index contributed by atoms with van der Waals surface area (Å²) in [6.45, 7) is 0. The normalized spacial score (nSPS) is 22.2. The van der Waals surface area contributed by atoms with Gasteiger partial charge in [-0.05, 0) is 57.0 Å². The molecule has 8 heteroatoms. The summed E-state index contributed by atoms with van der Waals surface area (Å²) in [6, 6.07) is 14.8. The second-order valence-corrected chi connectivity index (χ2v) is 8.55. The standard InChI is InChI=1S/C21H24N4.C4H4O4/c1-25-16-6-7-17(25)12-15(11-16)24-14-5-8-21(23-13-14)18-3-2-4-20-19(18)9-10-22-20;5-3(6)1-2-4(7)8/h2-5,8-10,13,15-17,22,24H,6-7,11-12H2,1H3;1-2H,(H,5,6)(H,7,8)/b;2-1+/t15-,16+,17-;. The maximum Gasteiger partial charge on any atom is 0.328 e. The number of piperidine rings is 1. The number of anilines is 1. The van der Waals surface area contributed by atoms with Crippen molar-refractivity contribution in [2.24, 2.45) is 0 Å². The second-order valence-electron chi connectivity index (χ2n) is 8.55. The van der Waals surface area contributed by atoms with Crippen LogP contribution in [0, 0.1) is 0 Å². The van der Waals surface area contributed by atoms with Gasteiger partial charge in [0.2, 0.25) is 0 Å². The van der Waals surface area contributed by atoms with Crippen molar-refractivity contribution in [1.29, 1.82) is 0 Å². The minimum atomic E-state index is -1.26. The summed E-state index contributed by atoms with van der Waals surface area (Å²) in [5, 5.41) is 20.6. The molecule has 172 valence electrons. The van der Waals surface area contributed by atoms with Crippen LogP contribution in [0.2, 0.25) is 0 Å². The fourth-order valence-corrected chi connectivity index (χ4v) is 4.85. The number of nitrogens with zero attached hydrogens (tertiary/aromatic N) is 2. The number of carboxylic acid groups (broad SMARTS) is 2. The number of pyridine rings is 1. The molecule has 0 unspecified atom stereocenters. The summed E-state index contributed by atoms with van der Waals surface area (Å²) < 4.78 is 0. The Hall–Kier alpha value is -3.65. The average molecular weight is 449 g/mol. The van der Waals surface area contributed by atoms with Gasteiger partial charge >= 0.3 is 11.9 Å². The molecular weight excluding hydrogens is 420 g/mol. The van der Waals surface area contributed by atoms with E-state index < -0.39 is 11.9 Å². The molecule has 1 aromatic carbocycles. The first kappa shape index (κ1) is 22.5. The Kier molecular flexibility index (Phi) is 6.74. The van der Waals surface area contributed by atoms with Crippen LogP contribution >= 0.6 is 0 Å². The Morgan fingerprint density at radius 1 is 1.06 bits per heavy atom. The zero-order chi connectivity index (χ0) is 23.4. The zero-order valence-corrected chi connectivity index (χ0v) is 18.4. The summed E-state index contributed by atoms with van der Waals surface area (Å²) in [4.78, 5) is 29.7. The van der Waals surface area contributed by atoms with Gasteiger partial charge in [-0.25, -0.2) is 9.59 Å². The summed E-state index contributed by atoms with van der Waals surface area (Å²) in [6.07, 6.45) is 10.3. The van der Waals surface area contributed by atoms with Gasteiger partial charge in [-0.3, -0.25) is 4.98 Å². The lowest BCUT2D eigenvalue weighted by atomic mass is 9.98. The van der Waals surface area contributed by atoms with E-state index in [1.165, 1.54) is 36.6 Å². The molecular formula is C25H28N4O4. The van der Waals surface area contributed by atoms with Crippen molar-refractivity contribution in [2.75, 3.05) is 12.4 Å². The van der Waals surface area contributed by atoms with Crippen molar-refractivity contribution >= 4 is 28.5 Å². The van der Waals surface area contributed by atoms with Crippen molar-refractivity contribution in [2.45, 2.75) is 43.8 Å². The molecule has 3 atom stereocenters. The van der Waals surface area contributed by atoms with Gasteiger partial charge in [0.1, 0.15) is 0 Å². The molecule has 5 rings (SSSR count). The minimum absolute atomic E-state index is 0.558. The van der Waals surface area contributed by atoms with Crippen LogP contribution < -0.4 is 5.32 Å². The van der Waals surface area contributed by atoms with E-state index in [9.17, 15) is 9.59 Å². The van der Waals surface area contributed by atoms with Gasteiger partial charge in [-0.1, -0.05) is 12.1 Å². The van der Waals surface area contributed by atoms with E-state index in [1.807, 2.05) is 12.4 Å². The fourth-order valence-electron chi connectivity index (χ4n) is 4.85. The number of carboxylic acids is 2. The molecule has 0 radical (unpaired) electrons. The third-order valence-electron chi connectivity index (χ3n) is 6.47. The topological polar surface area (TPSA) is 119 Å². The maximum absolute atomic E-state index is 9.55. The van der Waals surface area contributed by atoms with E-state index in [2.05, 4.69) is 58.6 Å². The van der Waals surface area contributed by atoms with Crippen LogP contribution in [-0.2, 0) is 9.59 Å². The number of hydrogen-bond acceptors (Lipinski definition) is 5. The number of fused-ring (bicyclic) bond motifs is 3. The molecule has 2 aliphatic rings. The minimum Gasteiger partial charge on any atom is -0.478 e. The number of carbonyl (C=O) groups is 2. The van der Waals surface area contributed by atoms with Crippen LogP contribution in [0.3, 0.4) is 0 Å². The first-order valence-electron chi connectivity index (χ1n) is 11.1. The quantitative estimate of drug-likeness (QED) is 0.436. The van der Waals surface area contributed by atoms with E-state index in [-0.39, 0.29) is 0 Å². The van der Waals surface area contributed by atoms with Gasteiger partial charge in [-0.15, -0.1) is 0 Å². The van der Waals surface area contributed by atoms with E-state index >= 15 is 0 Å². The van der Waals surface area contributed by atoms with Gasteiger partial charge in [0.25, 0.3) is 0 Å². The molecule has 0 spiro atoms. The highest BCUT2D eigenvalue weighted by Gasteiger charge is 2.38. The van der Waals surface area contributed by atoms with Crippen LogP contribution in [0.1, 0.15) is 25.7 Å². The van der Waals surface area contributed by atoms with Gasteiger partial charge < -0.3 is 25.4 Å². The number of benzene rings is 1. The molecule has 4 heterocycles. The number of aliphatic carboxylic acids is 2. The largest absolute Gasteiger partial charge is 0.478 e. The van der Waals surface area contributed by atoms with Crippen LogP contribution in [0.5, 0.6) is 0 Å². The Labute approximate surface area is 192 Å². The molecule has 0 amide bonds. The van der Waals surface area contributed by atoms with Gasteiger partial charge in [0.15, 0.2) is 0 Å². The lowest BCUT2D eigenvalue weighted by Gasteiger charge is -2.37. The van der Waals surface area contributed by atoms with Crippen LogP contribution in [0.15, 0.2) is 60.9 Å². The number of rotatable bonds is 5. The lowest BCUT2D eigenvalue weighted by molar-refractivity contribution is -0.134. The number of H-pyrrole nitrogens is 1. The van der Waals surface area contributed by atoms with Gasteiger partial charge in [0.05, 0.1) is 17.6 Å². The van der Waals surface area contributed by atoms with Crippen molar-refractivity contribution in [3.8, 4) is 11.3 Å². The SMILES string of the molecule is CN1[C@@H]2CC[C@H]1C[C@@H](Nc1ccc(-c3cccc4[nH]ccc34)nc1)C2.O=C(O)/C=C/C(=O)O. The summed E-state index contributed by atoms with van der Waals surface area (Å²) >= 11 is 0. The third kappa shape index (κ3) is 5.40. The van der Waals surface area contributed by atoms with Crippen molar-refractivity contribution < 1.29 is 19.8 Å². The Morgan fingerprint density at radius 2 is 1.76 bits per heavy atom. The van der Waals surface area contributed by atoms with Crippen LogP contribution in [-0.4, -0.2) is 62.2 Å². The molecule has 2 aliphatic heterocycles. The van der Waals surface area contributed by atoms with E-state index in [0.29, 0.717) is 18.2 Å². The van der Waals surface area contributed by atoms with Crippen LogP contribution in [0.4, 0.5) is 5.69 Å². The maximum atomic E-state index is 9.55. The second kappa shape index (κ2) is 9.87. The average Bonchev–Trinajstić information content (AvgIpc) is 3.34. The fraction of sp³-hybridized carbons (Fsp3) is 0.320. The predicted molar refractivity (Wildman–Crippen MR) is 127 cm³/mol. The van der Waals surface area contributed by atoms with Crippen molar-refractivity contribution in [3.63, 3.8) is 0 Å². The third-order valence-corrected chi connectivity index (χ3v) is 6.47. The van der Waals surface area contributed by atoms with E-state index in [4.69, 9.17) is 15.2 Å². The molecule has 2 saturated heterocycles. The molecule has 2 aromatic heterocycles. The van der Waals surface area contributed by atoms with Crippen molar-refractivity contribution in [3.05, 3.63) is 60.9 Å². The number of aromatic amines is 1. The lowest BCUT2D eigenvalue weighted by Crippen LogP contribution is -2.44. The number of nitrogens with one attached hydrogen (secondary N) is 2. The van der Waals surface area contributed by atoms with Crippen molar-refractivity contribution in [1.82, 2.24) is 14.9 Å². The molecule has 0 saturated carbocycles. The Bertz CT molecular complexity index is 1120. The molecule has 2 fully saturated rings. The van der Waals surface area contributed by atoms with E-state index in [0.717, 1.165) is 29.0 Å². The molecule has 33 heavy (non-hydrogen) atoms. The number of aromatic nitrogens is 2. The summed E-state index contributed by atoms with van der Waals surface area (Å²) in [5.41, 5.74) is 4.50. The Morgan fingerprint density at radius 3 is 2.36 bits per heavy atom. The van der Waals surface area contributed by atoms with Crippen LogP contribution in [0.25, 0.3) is 22.2 Å². The molecule has 8 nitrogen and oxygen atoms in total. The number of hydrogen-bond donors (Lipinski definition) is 4. The van der Waals surface area contributed by atoms with E-state index in [1.54, 1.807) is 0 Å². The first-order valence-corrected chi connectivity index (χ1v) is 11.1. The zero-order valence-electron chi connectivity index (χ0n) is 18.4. The monoisotopic (exact) mass is 448 g/mol. The first-order chi connectivity index (χ1) is 15.9. The molecule has 2 bridgehead atoms. The molecule has 4 N–H and O–H groups in total. The summed E-state index contributed by atoms with van der Waals surface area (Å²) in [7, 11) is 2.29. The Balaban J connectivity index is 0.000000281. The molecule has 0 aliphatic carbocycles. The molecule has 3 aromatic rings. The highest BCUT2D eigenvalue weighted by Crippen LogP contribution is 2.35. The smallest absolute Gasteiger partial charge is 0.328 e. The highest BCUT2D eigenvalue weighted by atomic mass is 16.4. The highest BCUT2D eigenvalue weighted by molar-refractivity contribution is 5.94. The predicted octanol–water partition coefficient (Wildman–Crippen LogP) is 3.98. The van der Waals surface area contributed by atoms with Gasteiger partial charge in [-0.2, -0.15) is 0 Å². The summed E-state index contributed by atoms with van der Waals surface area (Å²) in [5.74, 6) is -2.51. The van der Waals surface area contributed by atoms with Gasteiger partial charge in [0, 0.05) is 52.9 Å².